The third-order valence-corrected chi connectivity index (χ3v) is 0.895. The van der Waals surface area contributed by atoms with Crippen LogP contribution < -0.4 is 0 Å². The average molecular weight is 154 g/mol. The van der Waals surface area contributed by atoms with E-state index in [0.717, 1.165) is 0 Å². The van der Waals surface area contributed by atoms with E-state index in [9.17, 15) is 4.79 Å². The number of nitrogens with zero attached hydrogens (tertiary/aromatic N) is 2. The van der Waals surface area contributed by atoms with Crippen molar-refractivity contribution in [1.82, 2.24) is 5.16 Å². The molecular formula is C5H2N2O2S. The summed E-state index contributed by atoms with van der Waals surface area (Å²) in [6.07, 6.45) is 1.28. The first kappa shape index (κ1) is 6.80. The Morgan fingerprint density at radius 1 is 1.90 bits per heavy atom. The van der Waals surface area contributed by atoms with E-state index in [1.165, 1.54) is 12.3 Å². The van der Waals surface area contributed by atoms with Gasteiger partial charge in [-0.3, -0.25) is 4.79 Å². The van der Waals surface area contributed by atoms with Crippen molar-refractivity contribution in [2.45, 2.75) is 0 Å². The minimum atomic E-state index is -0.538. The van der Waals surface area contributed by atoms with Crippen LogP contribution in [0.25, 0.3) is 0 Å². The second-order valence-electron chi connectivity index (χ2n) is 1.39. The fourth-order valence-corrected chi connectivity index (χ4v) is 0.504. The van der Waals surface area contributed by atoms with Gasteiger partial charge >= 0.3 is 5.91 Å². The van der Waals surface area contributed by atoms with Crippen LogP contribution in [-0.2, 0) is 0 Å². The summed E-state index contributed by atoms with van der Waals surface area (Å²) in [5, 5.41) is 5.26. The maximum atomic E-state index is 10.7. The molecule has 0 aliphatic carbocycles. The molecule has 0 unspecified atom stereocenters. The Labute approximate surface area is 61.5 Å². The van der Waals surface area contributed by atoms with Crippen molar-refractivity contribution in [3.8, 4) is 0 Å². The fraction of sp³-hybridized carbons (Fsp3) is 0. The molecule has 5 heteroatoms. The summed E-state index contributed by atoms with van der Waals surface area (Å²) in [5.41, 5.74) is 0.136. The van der Waals surface area contributed by atoms with Crippen LogP contribution in [-0.4, -0.2) is 16.2 Å². The van der Waals surface area contributed by atoms with E-state index in [4.69, 9.17) is 0 Å². The highest BCUT2D eigenvalue weighted by atomic mass is 32.1. The fourth-order valence-electron chi connectivity index (χ4n) is 0.422. The average Bonchev–Trinajstić information content (AvgIpc) is 2.38. The van der Waals surface area contributed by atoms with Gasteiger partial charge < -0.3 is 4.52 Å². The van der Waals surface area contributed by atoms with Crippen molar-refractivity contribution in [2.24, 2.45) is 4.99 Å². The van der Waals surface area contributed by atoms with Gasteiger partial charge in [0.1, 0.15) is 6.26 Å². The van der Waals surface area contributed by atoms with E-state index in [2.05, 4.69) is 26.9 Å². The van der Waals surface area contributed by atoms with Crippen molar-refractivity contribution in [2.75, 3.05) is 0 Å². The number of rotatable bonds is 1. The maximum absolute atomic E-state index is 10.7. The molecule has 0 fully saturated rings. The summed E-state index contributed by atoms with van der Waals surface area (Å²) in [6, 6.07) is 1.40. The number of amides is 1. The Kier molecular flexibility index (Phi) is 2.04. The van der Waals surface area contributed by atoms with Crippen LogP contribution in [0.1, 0.15) is 10.5 Å². The maximum Gasteiger partial charge on any atom is 0.308 e. The Hall–Kier alpha value is -1.32. The van der Waals surface area contributed by atoms with Crippen LogP contribution in [0, 0.1) is 0 Å². The number of carbonyl (C=O) groups excluding carboxylic acids is 1. The second kappa shape index (κ2) is 3.00. The molecular weight excluding hydrogens is 152 g/mol. The molecule has 1 rings (SSSR count). The molecule has 10 heavy (non-hydrogen) atoms. The zero-order chi connectivity index (χ0) is 7.40. The van der Waals surface area contributed by atoms with Gasteiger partial charge in [-0.25, -0.2) is 0 Å². The molecule has 0 bridgehead atoms. The largest absolute Gasteiger partial charge is 0.364 e. The summed E-state index contributed by atoms with van der Waals surface area (Å²) in [5.74, 6) is -0.538. The zero-order valence-corrected chi connectivity index (χ0v) is 5.59. The van der Waals surface area contributed by atoms with E-state index >= 15 is 0 Å². The van der Waals surface area contributed by atoms with Gasteiger partial charge in [0, 0.05) is 6.07 Å². The lowest BCUT2D eigenvalue weighted by atomic mass is 10.4. The van der Waals surface area contributed by atoms with E-state index < -0.39 is 5.91 Å². The topological polar surface area (TPSA) is 55.5 Å². The smallest absolute Gasteiger partial charge is 0.308 e. The lowest BCUT2D eigenvalue weighted by Gasteiger charge is -1.77. The van der Waals surface area contributed by atoms with Gasteiger partial charge in [0.2, 0.25) is 0 Å². The lowest BCUT2D eigenvalue weighted by Crippen LogP contribution is -1.92. The first-order valence-corrected chi connectivity index (χ1v) is 2.78. The van der Waals surface area contributed by atoms with Gasteiger partial charge in [-0.15, -0.1) is 0 Å². The molecule has 0 spiro atoms. The highest BCUT2D eigenvalue weighted by Crippen LogP contribution is 1.95. The number of carbonyl (C=O) groups is 1. The van der Waals surface area contributed by atoms with Gasteiger partial charge in [0.05, 0.1) is 5.16 Å². The first-order valence-electron chi connectivity index (χ1n) is 2.37. The summed E-state index contributed by atoms with van der Waals surface area (Å²) < 4.78 is 4.39. The Morgan fingerprint density at radius 3 is 3.20 bits per heavy atom. The minimum Gasteiger partial charge on any atom is -0.364 e. The summed E-state index contributed by atoms with van der Waals surface area (Å²) >= 11 is 4.21. The molecule has 0 atom stereocenters. The third-order valence-electron chi connectivity index (χ3n) is 0.804. The number of aliphatic imine (C=N–C) groups is 1. The molecule has 0 radical (unpaired) electrons. The number of thiocarbonyl (C=S) groups is 1. The highest BCUT2D eigenvalue weighted by molar-refractivity contribution is 7.78. The van der Waals surface area contributed by atoms with Crippen molar-refractivity contribution in [1.29, 1.82) is 0 Å². The molecule has 0 aliphatic rings. The van der Waals surface area contributed by atoms with Gasteiger partial charge in [-0.1, -0.05) is 5.16 Å². The van der Waals surface area contributed by atoms with Crippen LogP contribution in [0.2, 0.25) is 0 Å². The molecule has 0 saturated carbocycles. The van der Waals surface area contributed by atoms with Crippen molar-refractivity contribution >= 4 is 23.3 Å². The molecule has 50 valence electrons. The Morgan fingerprint density at radius 2 is 2.70 bits per heavy atom. The molecule has 1 aromatic rings. The number of hydrogen-bond acceptors (Lipinski definition) is 4. The predicted molar refractivity (Wildman–Crippen MR) is 35.9 cm³/mol. The van der Waals surface area contributed by atoms with Crippen LogP contribution in [0.4, 0.5) is 0 Å². The zero-order valence-electron chi connectivity index (χ0n) is 4.77. The van der Waals surface area contributed by atoms with Crippen molar-refractivity contribution < 1.29 is 9.32 Å². The minimum absolute atomic E-state index is 0.136. The number of isothiocyanates is 1. The molecule has 1 aromatic heterocycles. The summed E-state index contributed by atoms with van der Waals surface area (Å²) in [6.45, 7) is 0. The van der Waals surface area contributed by atoms with E-state index in [1.54, 1.807) is 0 Å². The van der Waals surface area contributed by atoms with Gasteiger partial charge in [-0.2, -0.15) is 4.99 Å². The van der Waals surface area contributed by atoms with Crippen molar-refractivity contribution in [3.63, 3.8) is 0 Å². The van der Waals surface area contributed by atoms with E-state index in [-0.39, 0.29) is 5.69 Å². The standard InChI is InChI=1S/C5H2N2O2S/c8-5(6-3-10)4-1-2-9-7-4/h1-2H. The molecule has 1 amide bonds. The second-order valence-corrected chi connectivity index (χ2v) is 1.58. The number of hydrogen-bond donors (Lipinski definition) is 0. The molecule has 0 N–H and O–H groups in total. The highest BCUT2D eigenvalue weighted by Gasteiger charge is 2.04. The Balaban J connectivity index is 2.87. The predicted octanol–water partition coefficient (Wildman–Crippen LogP) is 0.918. The van der Waals surface area contributed by atoms with E-state index in [0.29, 0.717) is 0 Å². The molecule has 0 saturated heterocycles. The molecule has 0 aromatic carbocycles. The normalized spacial score (nSPS) is 8.40. The molecule has 0 aliphatic heterocycles. The summed E-state index contributed by atoms with van der Waals surface area (Å²) in [4.78, 5) is 13.9. The lowest BCUT2D eigenvalue weighted by molar-refractivity contribution is 0.0995. The van der Waals surface area contributed by atoms with Gasteiger partial charge in [0.25, 0.3) is 0 Å². The van der Waals surface area contributed by atoms with Gasteiger partial charge in [0.15, 0.2) is 5.69 Å². The van der Waals surface area contributed by atoms with Crippen LogP contribution in [0.3, 0.4) is 0 Å². The number of aromatic nitrogens is 1. The summed E-state index contributed by atoms with van der Waals surface area (Å²) in [7, 11) is 0. The monoisotopic (exact) mass is 154 g/mol. The Bertz CT molecular complexity index is 274. The quantitative estimate of drug-likeness (QED) is 0.445. The van der Waals surface area contributed by atoms with Gasteiger partial charge in [-0.05, 0) is 12.2 Å². The first-order chi connectivity index (χ1) is 4.84. The molecule has 1 heterocycles. The molecule has 4 nitrogen and oxygen atoms in total. The van der Waals surface area contributed by atoms with Crippen LogP contribution in [0.5, 0.6) is 0 Å². The van der Waals surface area contributed by atoms with Crippen LogP contribution in [0.15, 0.2) is 21.8 Å². The SMILES string of the molecule is O=C(N=C=S)c1ccon1. The van der Waals surface area contributed by atoms with Crippen molar-refractivity contribution in [3.05, 3.63) is 18.0 Å². The van der Waals surface area contributed by atoms with Crippen LogP contribution >= 0.6 is 12.2 Å². The third kappa shape index (κ3) is 1.34. The van der Waals surface area contributed by atoms with E-state index in [1.807, 2.05) is 5.16 Å².